The number of hydrogen-bond donors (Lipinski definition) is 1. The molecule has 1 aromatic heterocycles. The molecule has 2 nitrogen and oxygen atoms in total. The number of fused-ring (bicyclic) bond motifs is 1. The van der Waals surface area contributed by atoms with Crippen molar-refractivity contribution in [3.8, 4) is 0 Å². The van der Waals surface area contributed by atoms with Crippen LogP contribution in [0.4, 0.5) is 8.78 Å². The molecule has 1 heterocycles. The summed E-state index contributed by atoms with van der Waals surface area (Å²) in [5.74, 6) is 0.345. The molecule has 1 unspecified atom stereocenters. The van der Waals surface area contributed by atoms with Crippen LogP contribution in [-0.4, -0.2) is 5.11 Å². The van der Waals surface area contributed by atoms with E-state index in [1.54, 1.807) is 18.2 Å². The minimum atomic E-state index is -2.56. The monoisotopic (exact) mass is 274 g/mol. The molecule has 1 atom stereocenters. The van der Waals surface area contributed by atoms with E-state index in [2.05, 4.69) is 0 Å². The Bertz CT molecular complexity index is 701. The van der Waals surface area contributed by atoms with E-state index in [0.717, 1.165) is 5.39 Å². The second-order valence-electron chi connectivity index (χ2n) is 4.56. The summed E-state index contributed by atoms with van der Waals surface area (Å²) in [4.78, 5) is 0. The fourth-order valence-electron chi connectivity index (χ4n) is 2.17. The summed E-state index contributed by atoms with van der Waals surface area (Å²) in [6.45, 7) is 0. The average Bonchev–Trinajstić information content (AvgIpc) is 2.90. The van der Waals surface area contributed by atoms with Crippen LogP contribution in [0.5, 0.6) is 0 Å². The van der Waals surface area contributed by atoms with Crippen molar-refractivity contribution in [2.24, 2.45) is 0 Å². The maximum absolute atomic E-state index is 12.7. The van der Waals surface area contributed by atoms with Crippen molar-refractivity contribution in [1.82, 2.24) is 0 Å². The van der Waals surface area contributed by atoms with Crippen molar-refractivity contribution in [3.63, 3.8) is 0 Å². The van der Waals surface area contributed by atoms with Crippen molar-refractivity contribution in [1.29, 1.82) is 0 Å². The lowest BCUT2D eigenvalue weighted by molar-refractivity contribution is 0.150. The topological polar surface area (TPSA) is 33.4 Å². The van der Waals surface area contributed by atoms with Gasteiger partial charge < -0.3 is 9.52 Å². The van der Waals surface area contributed by atoms with E-state index in [0.29, 0.717) is 16.9 Å². The molecule has 4 heteroatoms. The van der Waals surface area contributed by atoms with Gasteiger partial charge in [0.2, 0.25) is 0 Å². The van der Waals surface area contributed by atoms with Gasteiger partial charge in [-0.05, 0) is 23.8 Å². The second-order valence-corrected chi connectivity index (χ2v) is 4.56. The lowest BCUT2D eigenvalue weighted by Gasteiger charge is -2.09. The van der Waals surface area contributed by atoms with Crippen LogP contribution in [0.3, 0.4) is 0 Å². The highest BCUT2D eigenvalue weighted by Crippen LogP contribution is 2.30. The summed E-state index contributed by atoms with van der Waals surface area (Å²) < 4.78 is 30.9. The molecule has 3 aromatic rings. The van der Waals surface area contributed by atoms with Gasteiger partial charge in [0.05, 0.1) is 0 Å². The van der Waals surface area contributed by atoms with Gasteiger partial charge in [-0.15, -0.1) is 0 Å². The lowest BCUT2D eigenvalue weighted by Crippen LogP contribution is -1.99. The van der Waals surface area contributed by atoms with E-state index < -0.39 is 12.5 Å². The highest BCUT2D eigenvalue weighted by molar-refractivity contribution is 5.77. The quantitative estimate of drug-likeness (QED) is 0.765. The predicted octanol–water partition coefficient (Wildman–Crippen LogP) is 4.45. The van der Waals surface area contributed by atoms with Crippen molar-refractivity contribution in [3.05, 3.63) is 71.5 Å². The molecule has 0 saturated heterocycles. The van der Waals surface area contributed by atoms with Crippen LogP contribution in [-0.2, 0) is 0 Å². The van der Waals surface area contributed by atoms with Gasteiger partial charge in [-0.1, -0.05) is 36.4 Å². The van der Waals surface area contributed by atoms with Crippen molar-refractivity contribution >= 4 is 11.0 Å². The molecule has 0 fully saturated rings. The molecule has 0 spiro atoms. The van der Waals surface area contributed by atoms with Crippen molar-refractivity contribution < 1.29 is 18.3 Å². The van der Waals surface area contributed by atoms with Gasteiger partial charge in [-0.2, -0.15) is 0 Å². The smallest absolute Gasteiger partial charge is 0.263 e. The third-order valence-electron chi connectivity index (χ3n) is 3.19. The Morgan fingerprint density at radius 2 is 1.65 bits per heavy atom. The number of rotatable bonds is 3. The minimum absolute atomic E-state index is 0.113. The number of para-hydroxylation sites is 1. The normalized spacial score (nSPS) is 13.0. The summed E-state index contributed by atoms with van der Waals surface area (Å²) in [6.07, 6.45) is -3.61. The Morgan fingerprint density at radius 3 is 2.40 bits per heavy atom. The molecule has 0 saturated carbocycles. The van der Waals surface area contributed by atoms with Gasteiger partial charge in [0.1, 0.15) is 17.4 Å². The van der Waals surface area contributed by atoms with Crippen LogP contribution < -0.4 is 0 Å². The first-order valence-electron chi connectivity index (χ1n) is 6.19. The zero-order valence-electron chi connectivity index (χ0n) is 10.5. The third kappa shape index (κ3) is 2.30. The lowest BCUT2D eigenvalue weighted by atomic mass is 10.0. The molecule has 0 radical (unpaired) electrons. The van der Waals surface area contributed by atoms with Crippen LogP contribution in [0.1, 0.15) is 29.4 Å². The molecular weight excluding hydrogens is 262 g/mol. The number of aliphatic hydroxyl groups excluding tert-OH is 1. The van der Waals surface area contributed by atoms with E-state index in [4.69, 9.17) is 4.42 Å². The summed E-state index contributed by atoms with van der Waals surface area (Å²) in [6, 6.07) is 14.8. The molecule has 0 aliphatic carbocycles. The second kappa shape index (κ2) is 5.06. The summed E-state index contributed by atoms with van der Waals surface area (Å²) in [5, 5.41) is 11.1. The first kappa shape index (κ1) is 12.8. The Kier molecular flexibility index (Phi) is 3.24. The SMILES string of the molecule is OC(c1cccc(C(F)F)c1)c1cc2ccccc2o1. The first-order chi connectivity index (χ1) is 9.65. The fourth-order valence-corrected chi connectivity index (χ4v) is 2.17. The molecule has 20 heavy (non-hydrogen) atoms. The Balaban J connectivity index is 1.99. The summed E-state index contributed by atoms with van der Waals surface area (Å²) in [7, 11) is 0. The summed E-state index contributed by atoms with van der Waals surface area (Å²) >= 11 is 0. The number of hydrogen-bond acceptors (Lipinski definition) is 2. The largest absolute Gasteiger partial charge is 0.458 e. The van der Waals surface area contributed by atoms with E-state index in [-0.39, 0.29) is 5.56 Å². The molecule has 1 N–H and O–H groups in total. The van der Waals surface area contributed by atoms with Crippen LogP contribution in [0, 0.1) is 0 Å². The van der Waals surface area contributed by atoms with E-state index in [1.807, 2.05) is 18.2 Å². The van der Waals surface area contributed by atoms with E-state index >= 15 is 0 Å². The van der Waals surface area contributed by atoms with E-state index in [9.17, 15) is 13.9 Å². The number of alkyl halides is 2. The van der Waals surface area contributed by atoms with Gasteiger partial charge in [0.15, 0.2) is 0 Å². The van der Waals surface area contributed by atoms with Gasteiger partial charge in [0, 0.05) is 10.9 Å². The Hall–Kier alpha value is -2.20. The molecule has 102 valence electrons. The van der Waals surface area contributed by atoms with Crippen LogP contribution in [0.15, 0.2) is 59.0 Å². The number of aliphatic hydroxyl groups is 1. The minimum Gasteiger partial charge on any atom is -0.458 e. The average molecular weight is 274 g/mol. The highest BCUT2D eigenvalue weighted by Gasteiger charge is 2.17. The zero-order chi connectivity index (χ0) is 14.1. The van der Waals surface area contributed by atoms with Gasteiger partial charge >= 0.3 is 0 Å². The van der Waals surface area contributed by atoms with Gasteiger partial charge in [-0.25, -0.2) is 8.78 Å². The molecule has 2 aromatic carbocycles. The predicted molar refractivity (Wildman–Crippen MR) is 71.7 cm³/mol. The molecule has 0 bridgehead atoms. The molecular formula is C16H12F2O2. The van der Waals surface area contributed by atoms with Crippen LogP contribution >= 0.6 is 0 Å². The first-order valence-corrected chi connectivity index (χ1v) is 6.19. The molecule has 0 aliphatic rings. The Labute approximate surface area is 114 Å². The number of benzene rings is 2. The fraction of sp³-hybridized carbons (Fsp3) is 0.125. The number of furan rings is 1. The van der Waals surface area contributed by atoms with Gasteiger partial charge in [0.25, 0.3) is 6.43 Å². The van der Waals surface area contributed by atoms with Crippen molar-refractivity contribution in [2.75, 3.05) is 0 Å². The molecule has 0 amide bonds. The van der Waals surface area contributed by atoms with E-state index in [1.165, 1.54) is 18.2 Å². The standard InChI is InChI=1S/C16H12F2O2/c17-16(18)12-6-3-5-11(8-12)15(19)14-9-10-4-1-2-7-13(10)20-14/h1-9,15-16,19H. The van der Waals surface area contributed by atoms with Crippen LogP contribution in [0.2, 0.25) is 0 Å². The molecule has 0 aliphatic heterocycles. The van der Waals surface area contributed by atoms with Gasteiger partial charge in [-0.3, -0.25) is 0 Å². The maximum Gasteiger partial charge on any atom is 0.263 e. The molecule has 3 rings (SSSR count). The highest BCUT2D eigenvalue weighted by atomic mass is 19.3. The maximum atomic E-state index is 12.7. The van der Waals surface area contributed by atoms with Crippen LogP contribution in [0.25, 0.3) is 11.0 Å². The third-order valence-corrected chi connectivity index (χ3v) is 3.19. The summed E-state index contributed by atoms with van der Waals surface area (Å²) in [5.41, 5.74) is 0.936. The zero-order valence-corrected chi connectivity index (χ0v) is 10.5. The Morgan fingerprint density at radius 1 is 0.900 bits per heavy atom. The number of halogens is 2. The van der Waals surface area contributed by atoms with Crippen molar-refractivity contribution in [2.45, 2.75) is 12.5 Å².